The van der Waals surface area contributed by atoms with Crippen molar-refractivity contribution in [1.82, 2.24) is 10.2 Å². The molecule has 0 spiro atoms. The van der Waals surface area contributed by atoms with Gasteiger partial charge in [0.2, 0.25) is 0 Å². The van der Waals surface area contributed by atoms with E-state index in [-0.39, 0.29) is 0 Å². The molecular formula is C16H21N3O. The molecule has 1 aromatic carbocycles. The molecule has 0 saturated carbocycles. The van der Waals surface area contributed by atoms with Gasteiger partial charge < -0.3 is 9.64 Å². The number of aromatic amines is 1. The summed E-state index contributed by atoms with van der Waals surface area (Å²) in [5.74, 6) is 0.676. The first-order chi connectivity index (χ1) is 9.86. The van der Waals surface area contributed by atoms with Crippen LogP contribution in [0.25, 0.3) is 0 Å². The number of methoxy groups -OCH3 is 1. The summed E-state index contributed by atoms with van der Waals surface area (Å²) in [5, 5.41) is 6.91. The molecule has 106 valence electrons. The highest BCUT2D eigenvalue weighted by molar-refractivity contribution is 5.42. The van der Waals surface area contributed by atoms with Gasteiger partial charge in [0.05, 0.1) is 18.5 Å². The van der Waals surface area contributed by atoms with E-state index in [4.69, 9.17) is 4.74 Å². The molecule has 1 aliphatic heterocycles. The Hall–Kier alpha value is -1.81. The SMILES string of the molecule is COCc1ccc(C2CCN(c3cn[nH]c3)CC2)cc1. The predicted molar refractivity (Wildman–Crippen MR) is 79.9 cm³/mol. The maximum Gasteiger partial charge on any atom is 0.0749 e. The summed E-state index contributed by atoms with van der Waals surface area (Å²) in [6.07, 6.45) is 6.28. The Labute approximate surface area is 119 Å². The van der Waals surface area contributed by atoms with E-state index in [1.165, 1.54) is 29.7 Å². The number of anilines is 1. The smallest absolute Gasteiger partial charge is 0.0749 e. The molecule has 0 amide bonds. The standard InChI is InChI=1S/C16H21N3O/c1-20-12-13-2-4-14(5-3-13)15-6-8-19(9-7-15)16-10-17-18-11-16/h2-5,10-11,15H,6-9,12H2,1H3,(H,17,18). The van der Waals surface area contributed by atoms with E-state index < -0.39 is 0 Å². The van der Waals surface area contributed by atoms with Crippen molar-refractivity contribution in [2.75, 3.05) is 25.1 Å². The monoisotopic (exact) mass is 271 g/mol. The third kappa shape index (κ3) is 2.85. The van der Waals surface area contributed by atoms with Gasteiger partial charge >= 0.3 is 0 Å². The zero-order valence-electron chi connectivity index (χ0n) is 11.9. The number of nitrogens with zero attached hydrogens (tertiary/aromatic N) is 2. The second-order valence-electron chi connectivity index (χ2n) is 5.39. The van der Waals surface area contributed by atoms with Crippen LogP contribution in [0.3, 0.4) is 0 Å². The van der Waals surface area contributed by atoms with Crippen LogP contribution in [0.1, 0.15) is 29.9 Å². The van der Waals surface area contributed by atoms with Crippen LogP contribution in [-0.4, -0.2) is 30.4 Å². The van der Waals surface area contributed by atoms with E-state index in [1.54, 1.807) is 7.11 Å². The molecule has 0 atom stereocenters. The summed E-state index contributed by atoms with van der Waals surface area (Å²) in [7, 11) is 1.74. The number of ether oxygens (including phenoxy) is 1. The van der Waals surface area contributed by atoms with Crippen LogP contribution < -0.4 is 4.90 Å². The highest BCUT2D eigenvalue weighted by Crippen LogP contribution is 2.30. The van der Waals surface area contributed by atoms with Crippen LogP contribution in [0.5, 0.6) is 0 Å². The van der Waals surface area contributed by atoms with Crippen LogP contribution in [-0.2, 0) is 11.3 Å². The van der Waals surface area contributed by atoms with Gasteiger partial charge in [0.25, 0.3) is 0 Å². The zero-order valence-corrected chi connectivity index (χ0v) is 11.9. The van der Waals surface area contributed by atoms with Crippen LogP contribution in [0.4, 0.5) is 5.69 Å². The summed E-state index contributed by atoms with van der Waals surface area (Å²) in [6, 6.07) is 8.88. The second-order valence-corrected chi connectivity index (χ2v) is 5.39. The lowest BCUT2D eigenvalue weighted by Crippen LogP contribution is -2.32. The Bertz CT molecular complexity index is 513. The molecule has 4 heteroatoms. The van der Waals surface area contributed by atoms with Gasteiger partial charge in [0.1, 0.15) is 0 Å². The lowest BCUT2D eigenvalue weighted by molar-refractivity contribution is 0.185. The number of H-pyrrole nitrogens is 1. The van der Waals surface area contributed by atoms with Gasteiger partial charge in [-0.2, -0.15) is 5.10 Å². The minimum absolute atomic E-state index is 0.676. The normalized spacial score (nSPS) is 16.6. The van der Waals surface area contributed by atoms with Crippen molar-refractivity contribution in [2.24, 2.45) is 0 Å². The molecule has 0 unspecified atom stereocenters. The van der Waals surface area contributed by atoms with E-state index in [9.17, 15) is 0 Å². The van der Waals surface area contributed by atoms with Gasteiger partial charge in [0.15, 0.2) is 0 Å². The third-order valence-electron chi connectivity index (χ3n) is 4.11. The van der Waals surface area contributed by atoms with E-state index in [0.29, 0.717) is 12.5 Å². The minimum Gasteiger partial charge on any atom is -0.380 e. The fraction of sp³-hybridized carbons (Fsp3) is 0.438. The maximum atomic E-state index is 5.15. The number of hydrogen-bond acceptors (Lipinski definition) is 3. The van der Waals surface area contributed by atoms with Crippen molar-refractivity contribution in [2.45, 2.75) is 25.4 Å². The molecule has 1 saturated heterocycles. The molecule has 0 bridgehead atoms. The largest absolute Gasteiger partial charge is 0.380 e. The Morgan fingerprint density at radius 2 is 2.00 bits per heavy atom. The molecule has 0 radical (unpaired) electrons. The molecule has 2 aromatic rings. The molecular weight excluding hydrogens is 250 g/mol. The van der Waals surface area contributed by atoms with E-state index >= 15 is 0 Å². The number of rotatable bonds is 4. The summed E-state index contributed by atoms with van der Waals surface area (Å²) < 4.78 is 5.15. The Morgan fingerprint density at radius 3 is 2.60 bits per heavy atom. The van der Waals surface area contributed by atoms with Crippen molar-refractivity contribution in [3.63, 3.8) is 0 Å². The minimum atomic E-state index is 0.676. The summed E-state index contributed by atoms with van der Waals surface area (Å²) >= 11 is 0. The number of aromatic nitrogens is 2. The summed E-state index contributed by atoms with van der Waals surface area (Å²) in [6.45, 7) is 2.90. The average molecular weight is 271 g/mol. The van der Waals surface area contributed by atoms with Crippen molar-refractivity contribution >= 4 is 5.69 Å². The molecule has 1 fully saturated rings. The van der Waals surface area contributed by atoms with Crippen molar-refractivity contribution in [3.05, 3.63) is 47.8 Å². The maximum absolute atomic E-state index is 5.15. The zero-order chi connectivity index (χ0) is 13.8. The van der Waals surface area contributed by atoms with Gasteiger partial charge in [-0.15, -0.1) is 0 Å². The lowest BCUT2D eigenvalue weighted by Gasteiger charge is -2.32. The first-order valence-corrected chi connectivity index (χ1v) is 7.18. The van der Waals surface area contributed by atoms with Gasteiger partial charge in [-0.3, -0.25) is 5.10 Å². The van der Waals surface area contributed by atoms with Gasteiger partial charge in [-0.1, -0.05) is 24.3 Å². The van der Waals surface area contributed by atoms with E-state index in [1.807, 2.05) is 12.4 Å². The molecule has 2 heterocycles. The molecule has 20 heavy (non-hydrogen) atoms. The average Bonchev–Trinajstić information content (AvgIpc) is 3.03. The predicted octanol–water partition coefficient (Wildman–Crippen LogP) is 2.94. The van der Waals surface area contributed by atoms with Crippen molar-refractivity contribution in [1.29, 1.82) is 0 Å². The third-order valence-corrected chi connectivity index (χ3v) is 4.11. The number of piperidine rings is 1. The van der Waals surface area contributed by atoms with Crippen LogP contribution in [0, 0.1) is 0 Å². The van der Waals surface area contributed by atoms with E-state index in [2.05, 4.69) is 39.4 Å². The van der Waals surface area contributed by atoms with Crippen LogP contribution in [0.2, 0.25) is 0 Å². The Balaban J connectivity index is 1.60. The number of benzene rings is 1. The first-order valence-electron chi connectivity index (χ1n) is 7.18. The Kier molecular flexibility index (Phi) is 4.02. The molecule has 1 N–H and O–H groups in total. The highest BCUT2D eigenvalue weighted by atomic mass is 16.5. The van der Waals surface area contributed by atoms with Crippen LogP contribution >= 0.6 is 0 Å². The summed E-state index contributed by atoms with van der Waals surface area (Å²) in [4.78, 5) is 2.40. The first kappa shape index (κ1) is 13.2. The van der Waals surface area contributed by atoms with Gasteiger partial charge in [-0.25, -0.2) is 0 Å². The van der Waals surface area contributed by atoms with Gasteiger partial charge in [-0.05, 0) is 29.9 Å². The fourth-order valence-corrected chi connectivity index (χ4v) is 2.94. The van der Waals surface area contributed by atoms with Crippen molar-refractivity contribution < 1.29 is 4.74 Å². The quantitative estimate of drug-likeness (QED) is 0.929. The topological polar surface area (TPSA) is 41.1 Å². The molecule has 3 rings (SSSR count). The molecule has 0 aliphatic carbocycles. The molecule has 1 aliphatic rings. The number of nitrogens with one attached hydrogen (secondary N) is 1. The van der Waals surface area contributed by atoms with E-state index in [0.717, 1.165) is 13.1 Å². The number of hydrogen-bond donors (Lipinski definition) is 1. The second kappa shape index (κ2) is 6.09. The van der Waals surface area contributed by atoms with Gasteiger partial charge in [0, 0.05) is 26.4 Å². The van der Waals surface area contributed by atoms with Crippen LogP contribution in [0.15, 0.2) is 36.7 Å². The lowest BCUT2D eigenvalue weighted by atomic mass is 9.89. The summed E-state index contributed by atoms with van der Waals surface area (Å²) in [5.41, 5.74) is 3.91. The molecule has 4 nitrogen and oxygen atoms in total. The van der Waals surface area contributed by atoms with Crippen molar-refractivity contribution in [3.8, 4) is 0 Å². The molecule has 1 aromatic heterocycles. The highest BCUT2D eigenvalue weighted by Gasteiger charge is 2.21. The Morgan fingerprint density at radius 1 is 1.25 bits per heavy atom. The fourth-order valence-electron chi connectivity index (χ4n) is 2.94.